The van der Waals surface area contributed by atoms with Gasteiger partial charge in [-0.2, -0.15) is 0 Å². The summed E-state index contributed by atoms with van der Waals surface area (Å²) in [5, 5.41) is 5.67. The van der Waals surface area contributed by atoms with Gasteiger partial charge in [0.15, 0.2) is 0 Å². The Balaban J connectivity index is 2.42. The molecule has 0 bridgehead atoms. The fourth-order valence-electron chi connectivity index (χ4n) is 2.08. The number of benzene rings is 2. The van der Waals surface area contributed by atoms with Gasteiger partial charge < -0.3 is 5.32 Å². The summed E-state index contributed by atoms with van der Waals surface area (Å²) in [6.07, 6.45) is 8.24. The van der Waals surface area contributed by atoms with E-state index in [0.29, 0.717) is 0 Å². The molecule has 0 saturated carbocycles. The Bertz CT molecular complexity index is 690. The van der Waals surface area contributed by atoms with Crippen molar-refractivity contribution >= 4 is 23.2 Å². The fraction of sp³-hybridized carbons (Fsp3) is 0.167. The van der Waals surface area contributed by atoms with Crippen LogP contribution in [0.5, 0.6) is 0 Å². The number of terminal acetylenes is 1. The third-order valence-corrected chi connectivity index (χ3v) is 3.10. The Morgan fingerprint density at radius 1 is 1.30 bits per heavy atom. The quantitative estimate of drug-likeness (QED) is 0.643. The molecule has 2 nitrogen and oxygen atoms in total. The molecule has 0 aliphatic carbocycles. The topological polar surface area (TPSA) is 24.4 Å². The fourth-order valence-corrected chi connectivity index (χ4v) is 2.08. The minimum absolute atomic E-state index is 0.901. The maximum Gasteiger partial charge on any atom is 0.0599 e. The number of nitrogens with zero attached hydrogens (tertiary/aromatic N) is 1. The highest BCUT2D eigenvalue weighted by Gasteiger charge is 2.02. The normalized spacial score (nSPS) is 11.1. The molecule has 2 aromatic carbocycles. The number of nitrogens with one attached hydrogen (secondary N) is 1. The summed E-state index contributed by atoms with van der Waals surface area (Å²) in [7, 11) is 0. The van der Waals surface area contributed by atoms with E-state index < -0.39 is 0 Å². The Morgan fingerprint density at radius 3 is 2.75 bits per heavy atom. The number of rotatable bonds is 5. The third-order valence-electron chi connectivity index (χ3n) is 3.10. The van der Waals surface area contributed by atoms with E-state index >= 15 is 0 Å². The lowest BCUT2D eigenvalue weighted by atomic mass is 10.0. The second-order valence-corrected chi connectivity index (χ2v) is 4.57. The van der Waals surface area contributed by atoms with Crippen molar-refractivity contribution in [2.24, 2.45) is 4.99 Å². The van der Waals surface area contributed by atoms with E-state index in [0.717, 1.165) is 40.6 Å². The highest BCUT2D eigenvalue weighted by atomic mass is 14.9. The van der Waals surface area contributed by atoms with E-state index in [9.17, 15) is 0 Å². The molecule has 0 aliphatic heterocycles. The highest BCUT2D eigenvalue weighted by Crippen LogP contribution is 2.21. The summed E-state index contributed by atoms with van der Waals surface area (Å²) >= 11 is 0. The lowest BCUT2D eigenvalue weighted by molar-refractivity contribution is 0.822. The molecule has 0 saturated heterocycles. The molecule has 0 fully saturated rings. The summed E-state index contributed by atoms with van der Waals surface area (Å²) < 4.78 is 0. The van der Waals surface area contributed by atoms with Gasteiger partial charge in [-0.15, -0.1) is 6.42 Å². The molecule has 0 radical (unpaired) electrons. The van der Waals surface area contributed by atoms with Crippen LogP contribution in [0.1, 0.15) is 24.5 Å². The zero-order valence-corrected chi connectivity index (χ0v) is 11.7. The molecule has 100 valence electrons. The molecule has 2 rings (SSSR count). The van der Waals surface area contributed by atoms with Gasteiger partial charge >= 0.3 is 0 Å². The molecule has 0 aromatic heterocycles. The molecular formula is C18H18N2. The third kappa shape index (κ3) is 3.07. The average Bonchev–Trinajstić information content (AvgIpc) is 2.50. The first kappa shape index (κ1) is 13.9. The van der Waals surface area contributed by atoms with Crippen LogP contribution in [0.2, 0.25) is 0 Å². The average molecular weight is 262 g/mol. The molecule has 0 aliphatic rings. The van der Waals surface area contributed by atoms with Crippen molar-refractivity contribution < 1.29 is 0 Å². The van der Waals surface area contributed by atoms with E-state index in [1.807, 2.05) is 18.2 Å². The molecule has 2 aromatic rings. The van der Waals surface area contributed by atoms with Crippen LogP contribution in [0.25, 0.3) is 16.5 Å². The van der Waals surface area contributed by atoms with Crippen LogP contribution in [-0.2, 0) is 0 Å². The van der Waals surface area contributed by atoms with Crippen molar-refractivity contribution in [2.75, 3.05) is 6.54 Å². The Morgan fingerprint density at radius 2 is 2.05 bits per heavy atom. The van der Waals surface area contributed by atoms with Gasteiger partial charge in [0.05, 0.1) is 5.70 Å². The van der Waals surface area contributed by atoms with Crippen molar-refractivity contribution in [3.63, 3.8) is 0 Å². The van der Waals surface area contributed by atoms with E-state index in [1.54, 1.807) is 6.20 Å². The lowest BCUT2D eigenvalue weighted by Crippen LogP contribution is -2.12. The SMILES string of the molecule is C#Cc1ccc2cc(/C(=C/N=C)NCCC)ccc2c1. The number of hydrogen-bond donors (Lipinski definition) is 1. The van der Waals surface area contributed by atoms with Crippen LogP contribution in [0.3, 0.4) is 0 Å². The van der Waals surface area contributed by atoms with Crippen LogP contribution in [0.4, 0.5) is 0 Å². The Hall–Kier alpha value is -2.53. The smallest absolute Gasteiger partial charge is 0.0599 e. The van der Waals surface area contributed by atoms with E-state index in [4.69, 9.17) is 6.42 Å². The van der Waals surface area contributed by atoms with Gasteiger partial charge in [0, 0.05) is 18.3 Å². The maximum absolute atomic E-state index is 5.42. The van der Waals surface area contributed by atoms with Crippen molar-refractivity contribution in [1.29, 1.82) is 0 Å². The van der Waals surface area contributed by atoms with Gasteiger partial charge in [-0.25, -0.2) is 0 Å². The summed E-state index contributed by atoms with van der Waals surface area (Å²) in [6.45, 7) is 6.58. The zero-order valence-electron chi connectivity index (χ0n) is 11.7. The van der Waals surface area contributed by atoms with E-state index in [2.05, 4.69) is 48.1 Å². The molecule has 0 unspecified atom stereocenters. The largest absolute Gasteiger partial charge is 0.383 e. The molecule has 0 atom stereocenters. The van der Waals surface area contributed by atoms with Crippen molar-refractivity contribution in [2.45, 2.75) is 13.3 Å². The summed E-state index contributed by atoms with van der Waals surface area (Å²) in [4.78, 5) is 3.87. The van der Waals surface area contributed by atoms with Crippen LogP contribution >= 0.6 is 0 Å². The predicted molar refractivity (Wildman–Crippen MR) is 87.7 cm³/mol. The number of aliphatic imine (C=N–C) groups is 1. The molecule has 0 heterocycles. The maximum atomic E-state index is 5.42. The number of hydrogen-bond acceptors (Lipinski definition) is 2. The van der Waals surface area contributed by atoms with Crippen molar-refractivity contribution in [3.8, 4) is 12.3 Å². The van der Waals surface area contributed by atoms with Crippen molar-refractivity contribution in [1.82, 2.24) is 5.32 Å². The summed E-state index contributed by atoms with van der Waals surface area (Å²) in [5.41, 5.74) is 2.99. The second-order valence-electron chi connectivity index (χ2n) is 4.57. The van der Waals surface area contributed by atoms with Crippen LogP contribution < -0.4 is 5.32 Å². The monoisotopic (exact) mass is 262 g/mol. The van der Waals surface area contributed by atoms with Gasteiger partial charge in [-0.3, -0.25) is 4.99 Å². The Kier molecular flexibility index (Phi) is 4.57. The first-order chi connectivity index (χ1) is 9.78. The second kappa shape index (κ2) is 6.58. The minimum Gasteiger partial charge on any atom is -0.383 e. The van der Waals surface area contributed by atoms with Crippen molar-refractivity contribution in [3.05, 3.63) is 53.7 Å². The summed E-state index contributed by atoms with van der Waals surface area (Å²) in [5.74, 6) is 2.66. The van der Waals surface area contributed by atoms with Crippen LogP contribution in [0, 0.1) is 12.3 Å². The Labute approximate surface area is 120 Å². The first-order valence-electron chi connectivity index (χ1n) is 6.69. The van der Waals surface area contributed by atoms with E-state index in [1.165, 1.54) is 0 Å². The first-order valence-corrected chi connectivity index (χ1v) is 6.69. The van der Waals surface area contributed by atoms with Gasteiger partial charge in [0.1, 0.15) is 0 Å². The van der Waals surface area contributed by atoms with E-state index in [-0.39, 0.29) is 0 Å². The van der Waals surface area contributed by atoms with Gasteiger partial charge in [0.25, 0.3) is 0 Å². The van der Waals surface area contributed by atoms with Gasteiger partial charge in [-0.05, 0) is 47.7 Å². The molecule has 20 heavy (non-hydrogen) atoms. The zero-order chi connectivity index (χ0) is 14.4. The minimum atomic E-state index is 0.901. The van der Waals surface area contributed by atoms with Crippen LogP contribution in [-0.4, -0.2) is 13.3 Å². The molecule has 0 spiro atoms. The summed E-state index contributed by atoms with van der Waals surface area (Å²) in [6, 6.07) is 12.3. The molecular weight excluding hydrogens is 244 g/mol. The molecule has 2 heteroatoms. The van der Waals surface area contributed by atoms with Gasteiger partial charge in [0.2, 0.25) is 0 Å². The standard InChI is InChI=1S/C18H18N2/c1-4-10-20-18(13-19-3)17-9-8-15-11-14(5-2)6-7-16(15)12-17/h2,6-9,11-13,20H,3-4,10H2,1H3/b18-13-. The molecule has 1 N–H and O–H groups in total. The molecule has 0 amide bonds. The van der Waals surface area contributed by atoms with Gasteiger partial charge in [-0.1, -0.05) is 31.0 Å². The number of fused-ring (bicyclic) bond motifs is 1. The lowest BCUT2D eigenvalue weighted by Gasteiger charge is -2.10. The highest BCUT2D eigenvalue weighted by molar-refractivity contribution is 5.87. The predicted octanol–water partition coefficient (Wildman–Crippen LogP) is 3.82. The van der Waals surface area contributed by atoms with Crippen LogP contribution in [0.15, 0.2) is 47.6 Å².